The Bertz CT molecular complexity index is 2070. The van der Waals surface area contributed by atoms with E-state index in [4.69, 9.17) is 18.9 Å². The third-order valence-corrected chi connectivity index (χ3v) is 10.2. The van der Waals surface area contributed by atoms with Gasteiger partial charge in [0.25, 0.3) is 0 Å². The van der Waals surface area contributed by atoms with Crippen LogP contribution in [0.2, 0.25) is 0 Å². The fourth-order valence-electron chi connectivity index (χ4n) is 6.23. The van der Waals surface area contributed by atoms with Crippen molar-refractivity contribution in [3.8, 4) is 23.0 Å². The van der Waals surface area contributed by atoms with Crippen LogP contribution in [0.25, 0.3) is 0 Å². The molecule has 1 aliphatic carbocycles. The molecule has 1 aliphatic rings. The first-order valence-corrected chi connectivity index (χ1v) is 16.8. The highest BCUT2D eigenvalue weighted by molar-refractivity contribution is 9.10. The lowest BCUT2D eigenvalue weighted by Crippen LogP contribution is -2.25. The fourth-order valence-corrected chi connectivity index (χ4v) is 6.81. The summed E-state index contributed by atoms with van der Waals surface area (Å²) < 4.78 is 22.5. The number of phenols is 1. The highest BCUT2D eigenvalue weighted by Crippen LogP contribution is 2.43. The Labute approximate surface area is 304 Å². The van der Waals surface area contributed by atoms with Gasteiger partial charge in [0.05, 0.1) is 18.2 Å². The van der Waals surface area contributed by atoms with Crippen molar-refractivity contribution in [1.29, 1.82) is 0 Å². The van der Waals surface area contributed by atoms with E-state index in [1.807, 2.05) is 6.92 Å². The quantitative estimate of drug-likeness (QED) is 0.164. The van der Waals surface area contributed by atoms with Crippen LogP contribution in [0.1, 0.15) is 88.1 Å². The van der Waals surface area contributed by atoms with Gasteiger partial charge >= 0.3 is 23.9 Å². The molecule has 4 rings (SSSR count). The maximum absolute atomic E-state index is 13.7. The van der Waals surface area contributed by atoms with E-state index in [1.165, 1.54) is 31.4 Å². The van der Waals surface area contributed by atoms with E-state index >= 15 is 0 Å². The molecule has 51 heavy (non-hydrogen) atoms. The largest absolute Gasteiger partial charge is 0.506 e. The Morgan fingerprint density at radius 1 is 0.765 bits per heavy atom. The Morgan fingerprint density at radius 2 is 1.33 bits per heavy atom. The lowest BCUT2D eigenvalue weighted by molar-refractivity contribution is -0.137. The minimum atomic E-state index is -1.04. The van der Waals surface area contributed by atoms with Crippen LogP contribution in [0.5, 0.6) is 23.0 Å². The standard InChI is InChI=1S/C39H39BrO11/c1-11-25-23(9)34(21(7)19(5)30(25)36(43)44)50-38(46)29-16(2)14-27(17(3)18(29)4)49-39(47)31-20(6)22(8)35(32(40)33(31)42)51-37(45)26-13-12-24(41)15-28(26)48-10/h12-15,26,42H,11H2,1-10H3,(H,43,44). The number of carboxylic acids is 1. The molecule has 0 bridgehead atoms. The van der Waals surface area contributed by atoms with Crippen molar-refractivity contribution < 1.29 is 53.1 Å². The van der Waals surface area contributed by atoms with Gasteiger partial charge in [-0.3, -0.25) is 9.59 Å². The van der Waals surface area contributed by atoms with Gasteiger partial charge in [0.1, 0.15) is 39.0 Å². The molecule has 12 heteroatoms. The summed E-state index contributed by atoms with van der Waals surface area (Å²) in [6.07, 6.45) is 4.20. The molecule has 1 atom stereocenters. The van der Waals surface area contributed by atoms with Crippen molar-refractivity contribution in [2.75, 3.05) is 7.11 Å². The van der Waals surface area contributed by atoms with Crippen molar-refractivity contribution in [2.45, 2.75) is 68.7 Å². The molecule has 268 valence electrons. The molecule has 0 spiro atoms. The zero-order chi connectivity index (χ0) is 38.2. The molecule has 0 radical (unpaired) electrons. The Balaban J connectivity index is 1.65. The first-order chi connectivity index (χ1) is 23.9. The summed E-state index contributed by atoms with van der Waals surface area (Å²) in [5, 5.41) is 21.0. The third-order valence-electron chi connectivity index (χ3n) is 9.45. The smallest absolute Gasteiger partial charge is 0.347 e. The molecule has 11 nitrogen and oxygen atoms in total. The molecule has 3 aromatic rings. The number of aromatic carboxylic acids is 1. The summed E-state index contributed by atoms with van der Waals surface area (Å²) in [5.74, 6) is -4.69. The monoisotopic (exact) mass is 762 g/mol. The van der Waals surface area contributed by atoms with Crippen LogP contribution in [-0.4, -0.2) is 47.0 Å². The van der Waals surface area contributed by atoms with Crippen LogP contribution < -0.4 is 14.2 Å². The average molecular weight is 764 g/mol. The number of carbonyl (C=O) groups is 5. The number of benzene rings is 3. The molecular weight excluding hydrogens is 724 g/mol. The average Bonchev–Trinajstić information content (AvgIpc) is 3.07. The summed E-state index contributed by atoms with van der Waals surface area (Å²) in [7, 11) is 1.33. The summed E-state index contributed by atoms with van der Waals surface area (Å²) in [4.78, 5) is 64.1. The zero-order valence-electron chi connectivity index (χ0n) is 30.0. The fraction of sp³-hybridized carbons (Fsp3) is 0.308. The van der Waals surface area contributed by atoms with Crippen molar-refractivity contribution in [3.63, 3.8) is 0 Å². The van der Waals surface area contributed by atoms with Crippen LogP contribution in [-0.2, 0) is 20.7 Å². The number of carbonyl (C=O) groups excluding carboxylic acids is 4. The maximum atomic E-state index is 13.7. The molecule has 0 heterocycles. The van der Waals surface area contributed by atoms with Crippen LogP contribution in [0.15, 0.2) is 34.5 Å². The predicted octanol–water partition coefficient (Wildman–Crippen LogP) is 7.51. The van der Waals surface area contributed by atoms with E-state index < -0.39 is 35.5 Å². The second-order valence-electron chi connectivity index (χ2n) is 12.3. The highest BCUT2D eigenvalue weighted by Gasteiger charge is 2.32. The molecule has 3 aromatic carbocycles. The zero-order valence-corrected chi connectivity index (χ0v) is 31.6. The van der Waals surface area contributed by atoms with E-state index in [2.05, 4.69) is 15.9 Å². The van der Waals surface area contributed by atoms with E-state index in [0.717, 1.165) is 0 Å². The normalized spacial score (nSPS) is 13.8. The number of phenolic OH excluding ortho intramolecular Hbond substituents is 1. The number of carboxylic acid groups (broad SMARTS) is 1. The van der Waals surface area contributed by atoms with Crippen LogP contribution in [0.4, 0.5) is 0 Å². The highest BCUT2D eigenvalue weighted by atomic mass is 79.9. The van der Waals surface area contributed by atoms with Crippen molar-refractivity contribution >= 4 is 45.6 Å². The van der Waals surface area contributed by atoms with Crippen molar-refractivity contribution in [2.24, 2.45) is 5.92 Å². The second-order valence-corrected chi connectivity index (χ2v) is 13.1. The second kappa shape index (κ2) is 14.9. The first-order valence-electron chi connectivity index (χ1n) is 16.0. The van der Waals surface area contributed by atoms with Gasteiger partial charge in [-0.25, -0.2) is 14.4 Å². The van der Waals surface area contributed by atoms with Gasteiger partial charge in [-0.15, -0.1) is 0 Å². The van der Waals surface area contributed by atoms with Crippen molar-refractivity contribution in [3.05, 3.63) is 101 Å². The van der Waals surface area contributed by atoms with Crippen LogP contribution in [0.3, 0.4) is 0 Å². The van der Waals surface area contributed by atoms with Gasteiger partial charge in [-0.1, -0.05) is 13.0 Å². The number of methoxy groups -OCH3 is 1. The van der Waals surface area contributed by atoms with E-state index in [0.29, 0.717) is 56.7 Å². The first kappa shape index (κ1) is 38.6. The molecule has 2 N–H and O–H groups in total. The van der Waals surface area contributed by atoms with E-state index in [9.17, 15) is 34.2 Å². The lowest BCUT2D eigenvalue weighted by Gasteiger charge is -2.21. The van der Waals surface area contributed by atoms with Gasteiger partial charge in [0, 0.05) is 6.08 Å². The minimum absolute atomic E-state index is 0.0256. The summed E-state index contributed by atoms with van der Waals surface area (Å²) in [5.41, 5.74) is 4.59. The summed E-state index contributed by atoms with van der Waals surface area (Å²) >= 11 is 3.26. The molecular formula is C39H39BrO11. The molecule has 0 aromatic heterocycles. The number of aryl methyl sites for hydroxylation is 1. The molecule has 0 aliphatic heterocycles. The number of ketones is 1. The summed E-state index contributed by atoms with van der Waals surface area (Å²) in [6, 6.07) is 1.53. The van der Waals surface area contributed by atoms with Gasteiger partial charge in [-0.2, -0.15) is 0 Å². The third kappa shape index (κ3) is 7.05. The molecule has 0 fully saturated rings. The van der Waals surface area contributed by atoms with Gasteiger partial charge in [0.2, 0.25) is 0 Å². The predicted molar refractivity (Wildman–Crippen MR) is 191 cm³/mol. The minimum Gasteiger partial charge on any atom is -0.506 e. The number of ether oxygens (including phenoxy) is 4. The number of hydrogen-bond acceptors (Lipinski definition) is 10. The van der Waals surface area contributed by atoms with Gasteiger partial charge < -0.3 is 29.2 Å². The molecule has 0 saturated carbocycles. The number of allylic oxidation sites excluding steroid dienone is 2. The maximum Gasteiger partial charge on any atom is 0.347 e. The molecule has 0 saturated heterocycles. The number of halogens is 1. The number of esters is 3. The number of aromatic hydroxyl groups is 1. The SMILES string of the molecule is CCc1c(C)c(OC(=O)c2c(C)cc(OC(=O)c3c(C)c(C)c(OC(=O)C4C=CC(=O)C=C4OC)c(Br)c3O)c(C)c2C)c(C)c(C)c1C(=O)O. The van der Waals surface area contributed by atoms with Gasteiger partial charge in [-0.05, 0) is 140 Å². The molecule has 1 unspecified atom stereocenters. The lowest BCUT2D eigenvalue weighted by atomic mass is 9.90. The van der Waals surface area contributed by atoms with Gasteiger partial charge in [0.15, 0.2) is 11.5 Å². The number of rotatable bonds is 9. The Hall–Kier alpha value is -5.23. The topological polar surface area (TPSA) is 163 Å². The molecule has 0 amide bonds. The van der Waals surface area contributed by atoms with Crippen LogP contribution >= 0.6 is 15.9 Å². The summed E-state index contributed by atoms with van der Waals surface area (Å²) in [6.45, 7) is 15.2. The van der Waals surface area contributed by atoms with E-state index in [1.54, 1.807) is 55.4 Å². The Morgan fingerprint density at radius 3 is 1.92 bits per heavy atom. The number of hydrogen-bond donors (Lipinski definition) is 2. The van der Waals surface area contributed by atoms with Crippen LogP contribution in [0, 0.1) is 61.3 Å². The van der Waals surface area contributed by atoms with Crippen molar-refractivity contribution in [1.82, 2.24) is 0 Å². The van der Waals surface area contributed by atoms with E-state index in [-0.39, 0.29) is 49.8 Å². The Kier molecular flexibility index (Phi) is 11.3.